The minimum absolute atomic E-state index is 0.151. The molecule has 3 nitrogen and oxygen atoms in total. The lowest BCUT2D eigenvalue weighted by Gasteiger charge is -2.05. The van der Waals surface area contributed by atoms with E-state index in [1.807, 2.05) is 36.4 Å². The maximum absolute atomic E-state index is 11.6. The van der Waals surface area contributed by atoms with Gasteiger partial charge in [0.1, 0.15) is 11.6 Å². The molecule has 1 heterocycles. The van der Waals surface area contributed by atoms with E-state index >= 15 is 0 Å². The van der Waals surface area contributed by atoms with Crippen molar-refractivity contribution in [3.63, 3.8) is 0 Å². The standard InChI is InChI=1S/C13H9BrN2O/c1-8-6-11(12(7-15)13(17)16-8)9-2-4-10(14)5-3-9/h2-6H,1H3,(H,16,17). The molecule has 0 bridgehead atoms. The number of rotatable bonds is 1. The summed E-state index contributed by atoms with van der Waals surface area (Å²) in [6.07, 6.45) is 0. The van der Waals surface area contributed by atoms with Crippen LogP contribution >= 0.6 is 15.9 Å². The van der Waals surface area contributed by atoms with E-state index in [1.165, 1.54) is 0 Å². The number of nitrogens with zero attached hydrogens (tertiary/aromatic N) is 1. The normalized spacial score (nSPS) is 9.94. The van der Waals surface area contributed by atoms with E-state index in [0.29, 0.717) is 5.56 Å². The second-order valence-corrected chi connectivity index (χ2v) is 4.60. The largest absolute Gasteiger partial charge is 0.325 e. The number of halogens is 1. The van der Waals surface area contributed by atoms with Crippen molar-refractivity contribution in [1.82, 2.24) is 4.98 Å². The van der Waals surface area contributed by atoms with Crippen LogP contribution in [0.1, 0.15) is 11.3 Å². The van der Waals surface area contributed by atoms with E-state index in [4.69, 9.17) is 5.26 Å². The highest BCUT2D eigenvalue weighted by Crippen LogP contribution is 2.23. The zero-order valence-electron chi connectivity index (χ0n) is 9.12. The zero-order valence-corrected chi connectivity index (χ0v) is 10.7. The summed E-state index contributed by atoms with van der Waals surface area (Å²) in [5.74, 6) is 0. The molecule has 0 aliphatic heterocycles. The molecule has 84 valence electrons. The number of H-pyrrole nitrogens is 1. The summed E-state index contributed by atoms with van der Waals surface area (Å²) in [4.78, 5) is 14.3. The third-order valence-electron chi connectivity index (χ3n) is 2.43. The van der Waals surface area contributed by atoms with E-state index in [0.717, 1.165) is 15.7 Å². The number of hydrogen-bond donors (Lipinski definition) is 1. The van der Waals surface area contributed by atoms with Gasteiger partial charge in [0.2, 0.25) is 0 Å². The summed E-state index contributed by atoms with van der Waals surface area (Å²) in [6, 6.07) is 11.3. The highest BCUT2D eigenvalue weighted by atomic mass is 79.9. The molecule has 1 N–H and O–H groups in total. The summed E-state index contributed by atoms with van der Waals surface area (Å²) < 4.78 is 0.960. The topological polar surface area (TPSA) is 56.6 Å². The van der Waals surface area contributed by atoms with Gasteiger partial charge in [-0.2, -0.15) is 5.26 Å². The Labute approximate surface area is 107 Å². The second kappa shape index (κ2) is 4.56. The van der Waals surface area contributed by atoms with E-state index in [1.54, 1.807) is 6.92 Å². The molecule has 17 heavy (non-hydrogen) atoms. The van der Waals surface area contributed by atoms with Crippen molar-refractivity contribution in [1.29, 1.82) is 5.26 Å². The van der Waals surface area contributed by atoms with Gasteiger partial charge in [-0.25, -0.2) is 0 Å². The van der Waals surface area contributed by atoms with Gasteiger partial charge in [0.25, 0.3) is 5.56 Å². The minimum atomic E-state index is -0.342. The van der Waals surface area contributed by atoms with Crippen LogP contribution in [0.4, 0.5) is 0 Å². The molecule has 1 aromatic carbocycles. The van der Waals surface area contributed by atoms with Gasteiger partial charge in [0.15, 0.2) is 0 Å². The molecule has 0 amide bonds. The number of pyridine rings is 1. The Hall–Kier alpha value is -1.86. The molecule has 0 aliphatic rings. The highest BCUT2D eigenvalue weighted by Gasteiger charge is 2.09. The molecule has 0 spiro atoms. The van der Waals surface area contributed by atoms with E-state index < -0.39 is 0 Å². The lowest BCUT2D eigenvalue weighted by molar-refractivity contribution is 1.13. The SMILES string of the molecule is Cc1cc(-c2ccc(Br)cc2)c(C#N)c(=O)[nH]1. The molecule has 2 aromatic rings. The fourth-order valence-electron chi connectivity index (χ4n) is 1.66. The molecule has 0 aliphatic carbocycles. The quantitative estimate of drug-likeness (QED) is 0.877. The lowest BCUT2D eigenvalue weighted by atomic mass is 10.0. The van der Waals surface area contributed by atoms with Crippen LogP contribution in [0, 0.1) is 18.3 Å². The van der Waals surface area contributed by atoms with Gasteiger partial charge in [-0.05, 0) is 30.7 Å². The van der Waals surface area contributed by atoms with Crippen LogP contribution in [0.25, 0.3) is 11.1 Å². The average molecular weight is 289 g/mol. The Morgan fingerprint density at radius 1 is 1.29 bits per heavy atom. The molecule has 0 saturated heterocycles. The van der Waals surface area contributed by atoms with Crippen molar-refractivity contribution >= 4 is 15.9 Å². The molecule has 0 saturated carbocycles. The van der Waals surface area contributed by atoms with Gasteiger partial charge in [-0.15, -0.1) is 0 Å². The number of benzene rings is 1. The molecule has 0 fully saturated rings. The molecule has 0 atom stereocenters. The predicted octanol–water partition coefficient (Wildman–Crippen LogP) is 2.98. The molecular weight excluding hydrogens is 280 g/mol. The van der Waals surface area contributed by atoms with Crippen LogP contribution < -0.4 is 5.56 Å². The Balaban J connectivity index is 2.71. The van der Waals surface area contributed by atoms with Gasteiger partial charge >= 0.3 is 0 Å². The molecule has 0 unspecified atom stereocenters. The molecule has 1 aromatic heterocycles. The highest BCUT2D eigenvalue weighted by molar-refractivity contribution is 9.10. The smallest absolute Gasteiger partial charge is 0.266 e. The summed E-state index contributed by atoms with van der Waals surface area (Å²) in [5, 5.41) is 9.03. The van der Waals surface area contributed by atoms with Crippen molar-refractivity contribution in [3.8, 4) is 17.2 Å². The van der Waals surface area contributed by atoms with E-state index in [-0.39, 0.29) is 11.1 Å². The first-order chi connectivity index (χ1) is 8.11. The van der Waals surface area contributed by atoms with Crippen LogP contribution in [0.15, 0.2) is 39.6 Å². The Morgan fingerprint density at radius 3 is 2.53 bits per heavy atom. The summed E-state index contributed by atoms with van der Waals surface area (Å²) in [7, 11) is 0. The molecule has 4 heteroatoms. The molecule has 2 rings (SSSR count). The van der Waals surface area contributed by atoms with E-state index in [9.17, 15) is 4.79 Å². The first-order valence-corrected chi connectivity index (χ1v) is 5.81. The number of hydrogen-bond acceptors (Lipinski definition) is 2. The number of aromatic amines is 1. The van der Waals surface area contributed by atoms with Crippen LogP contribution in [0.5, 0.6) is 0 Å². The maximum Gasteiger partial charge on any atom is 0.266 e. The van der Waals surface area contributed by atoms with Crippen molar-refractivity contribution in [3.05, 3.63) is 56.4 Å². The first-order valence-electron chi connectivity index (χ1n) is 5.02. The van der Waals surface area contributed by atoms with Crippen molar-refractivity contribution in [2.75, 3.05) is 0 Å². The predicted molar refractivity (Wildman–Crippen MR) is 69.7 cm³/mol. The van der Waals surface area contributed by atoms with Crippen LogP contribution in [0.3, 0.4) is 0 Å². The monoisotopic (exact) mass is 288 g/mol. The van der Waals surface area contributed by atoms with Crippen molar-refractivity contribution in [2.45, 2.75) is 6.92 Å². The van der Waals surface area contributed by atoms with Crippen molar-refractivity contribution < 1.29 is 0 Å². The fraction of sp³-hybridized carbons (Fsp3) is 0.0769. The Bertz CT molecular complexity index is 651. The summed E-state index contributed by atoms with van der Waals surface area (Å²) in [5.41, 5.74) is 2.08. The van der Waals surface area contributed by atoms with Gasteiger partial charge in [-0.1, -0.05) is 28.1 Å². The molecular formula is C13H9BrN2O. The van der Waals surface area contributed by atoms with Crippen molar-refractivity contribution in [2.24, 2.45) is 0 Å². The van der Waals surface area contributed by atoms with Crippen LogP contribution in [0.2, 0.25) is 0 Å². The van der Waals surface area contributed by atoms with E-state index in [2.05, 4.69) is 20.9 Å². The van der Waals surface area contributed by atoms with Crippen LogP contribution in [-0.2, 0) is 0 Å². The van der Waals surface area contributed by atoms with Crippen LogP contribution in [-0.4, -0.2) is 4.98 Å². The third-order valence-corrected chi connectivity index (χ3v) is 2.96. The second-order valence-electron chi connectivity index (χ2n) is 3.69. The third kappa shape index (κ3) is 2.29. The van der Waals surface area contributed by atoms with Gasteiger partial charge < -0.3 is 4.98 Å². The maximum atomic E-state index is 11.6. The average Bonchev–Trinajstić information content (AvgIpc) is 2.29. The zero-order chi connectivity index (χ0) is 12.4. The summed E-state index contributed by atoms with van der Waals surface area (Å²) >= 11 is 3.35. The lowest BCUT2D eigenvalue weighted by Crippen LogP contribution is -2.12. The first kappa shape index (κ1) is 11.6. The number of aromatic nitrogens is 1. The number of nitrogens with one attached hydrogen (secondary N) is 1. The van der Waals surface area contributed by atoms with Gasteiger partial charge in [0, 0.05) is 15.7 Å². The minimum Gasteiger partial charge on any atom is -0.325 e. The van der Waals surface area contributed by atoms with Gasteiger partial charge in [0.05, 0.1) is 0 Å². The number of aryl methyl sites for hydroxylation is 1. The fourth-order valence-corrected chi connectivity index (χ4v) is 1.92. The molecule has 0 radical (unpaired) electrons. The Kier molecular flexibility index (Phi) is 3.12. The summed E-state index contributed by atoms with van der Waals surface area (Å²) in [6.45, 7) is 1.80. The van der Waals surface area contributed by atoms with Gasteiger partial charge in [-0.3, -0.25) is 4.79 Å². The number of nitriles is 1. The Morgan fingerprint density at radius 2 is 1.94 bits per heavy atom.